The van der Waals surface area contributed by atoms with Crippen LogP contribution in [0, 0.1) is 20.8 Å². The van der Waals surface area contributed by atoms with Crippen molar-refractivity contribution in [3.63, 3.8) is 0 Å². The average molecular weight is 567 g/mol. The summed E-state index contributed by atoms with van der Waals surface area (Å²) in [6.07, 6.45) is 22.0. The van der Waals surface area contributed by atoms with Crippen LogP contribution in [0.25, 0.3) is 0 Å². The zero-order chi connectivity index (χ0) is 29.6. The molecule has 3 saturated carbocycles. The molecule has 4 heteroatoms. The van der Waals surface area contributed by atoms with Crippen molar-refractivity contribution in [2.75, 3.05) is 32.1 Å². The molecule has 0 aliphatic heterocycles. The van der Waals surface area contributed by atoms with Crippen LogP contribution in [0.3, 0.4) is 0 Å². The lowest BCUT2D eigenvalue weighted by Crippen LogP contribution is -2.76. The minimum absolute atomic E-state index is 0.0598. The first-order valence-electron chi connectivity index (χ1n) is 17.8. The fourth-order valence-electron chi connectivity index (χ4n) is 9.63. The van der Waals surface area contributed by atoms with E-state index >= 15 is 0 Å². The fourth-order valence-corrected chi connectivity index (χ4v) is 9.63. The Bertz CT molecular complexity index is 902. The first kappa shape index (κ1) is 32.8. The van der Waals surface area contributed by atoms with Crippen molar-refractivity contribution in [2.45, 2.75) is 174 Å². The van der Waals surface area contributed by atoms with Gasteiger partial charge in [0, 0.05) is 49.9 Å². The normalized spacial score (nSPS) is 21.8. The summed E-state index contributed by atoms with van der Waals surface area (Å²) >= 11 is 0. The summed E-state index contributed by atoms with van der Waals surface area (Å²) in [5.41, 5.74) is 5.66. The van der Waals surface area contributed by atoms with E-state index in [0.29, 0.717) is 24.2 Å². The van der Waals surface area contributed by atoms with Crippen LogP contribution in [0.15, 0.2) is 12.1 Å². The molecule has 0 saturated heterocycles. The largest absolute Gasteiger partial charge is 0.374 e. The van der Waals surface area contributed by atoms with Crippen LogP contribution < -0.4 is 4.90 Å². The van der Waals surface area contributed by atoms with E-state index in [4.69, 9.17) is 0 Å². The molecule has 3 aliphatic rings. The van der Waals surface area contributed by atoms with Gasteiger partial charge in [-0.1, -0.05) is 82.4 Å². The van der Waals surface area contributed by atoms with Crippen molar-refractivity contribution < 1.29 is 0 Å². The summed E-state index contributed by atoms with van der Waals surface area (Å²) < 4.78 is 0. The van der Waals surface area contributed by atoms with Crippen LogP contribution in [0.4, 0.5) is 5.69 Å². The van der Waals surface area contributed by atoms with Crippen molar-refractivity contribution in [3.8, 4) is 0 Å². The Balaban J connectivity index is 1.82. The van der Waals surface area contributed by atoms with Crippen LogP contribution in [-0.2, 0) is 0 Å². The van der Waals surface area contributed by atoms with Crippen molar-refractivity contribution in [3.05, 3.63) is 28.8 Å². The van der Waals surface area contributed by atoms with E-state index in [2.05, 4.69) is 87.4 Å². The minimum atomic E-state index is -0.0598. The predicted molar refractivity (Wildman–Crippen MR) is 179 cm³/mol. The highest BCUT2D eigenvalue weighted by Gasteiger charge is 2.52. The first-order valence-corrected chi connectivity index (χ1v) is 17.8. The van der Waals surface area contributed by atoms with E-state index in [1.165, 1.54) is 125 Å². The van der Waals surface area contributed by atoms with Gasteiger partial charge in [-0.15, -0.1) is 0 Å². The maximum absolute atomic E-state index is 3.10. The second-order valence-electron chi connectivity index (χ2n) is 14.5. The van der Waals surface area contributed by atoms with Gasteiger partial charge in [-0.25, -0.2) is 0 Å². The molecule has 0 aromatic heterocycles. The molecule has 1 unspecified atom stereocenters. The highest BCUT2D eigenvalue weighted by Crippen LogP contribution is 2.43. The molecule has 41 heavy (non-hydrogen) atoms. The summed E-state index contributed by atoms with van der Waals surface area (Å²) in [6.45, 7) is 16.6. The standard InChI is InChI=1S/C37H66N4/c1-9-40(34-21-15-11-16-22-34)37(39(8)33-19-13-10-14-20-33,41(29(2)3)35-23-17-12-18-24-35)25-26-38(7)36-31(5)27-30(4)28-32(36)6/h27-29,33-35H,9-26H2,1-8H3. The Hall–Kier alpha value is -1.10. The van der Waals surface area contributed by atoms with Gasteiger partial charge in [-0.2, -0.15) is 0 Å². The highest BCUT2D eigenvalue weighted by atomic mass is 15.6. The summed E-state index contributed by atoms with van der Waals surface area (Å²) in [6, 6.07) is 7.33. The lowest BCUT2D eigenvalue weighted by atomic mass is 9.86. The summed E-state index contributed by atoms with van der Waals surface area (Å²) in [4.78, 5) is 11.8. The van der Waals surface area contributed by atoms with Crippen molar-refractivity contribution in [2.24, 2.45) is 0 Å². The first-order chi connectivity index (χ1) is 19.7. The molecule has 1 aromatic rings. The molecule has 0 heterocycles. The number of nitrogens with zero attached hydrogens (tertiary/aromatic N) is 4. The zero-order valence-electron chi connectivity index (χ0n) is 28.5. The molecule has 1 aromatic carbocycles. The third-order valence-corrected chi connectivity index (χ3v) is 11.2. The van der Waals surface area contributed by atoms with Crippen LogP contribution >= 0.6 is 0 Å². The number of aryl methyl sites for hydroxylation is 3. The molecule has 0 amide bonds. The monoisotopic (exact) mass is 567 g/mol. The average Bonchev–Trinajstić information content (AvgIpc) is 2.96. The second-order valence-corrected chi connectivity index (χ2v) is 14.5. The Morgan fingerprint density at radius 2 is 1.17 bits per heavy atom. The Labute approximate surface area is 255 Å². The van der Waals surface area contributed by atoms with Crippen LogP contribution in [0.2, 0.25) is 0 Å². The maximum atomic E-state index is 3.10. The Morgan fingerprint density at radius 3 is 1.63 bits per heavy atom. The third kappa shape index (κ3) is 7.35. The van der Waals surface area contributed by atoms with Crippen molar-refractivity contribution in [1.82, 2.24) is 14.7 Å². The Morgan fingerprint density at radius 1 is 0.707 bits per heavy atom. The summed E-state index contributed by atoms with van der Waals surface area (Å²) in [5.74, 6) is -0.0598. The molecule has 3 fully saturated rings. The van der Waals surface area contributed by atoms with Crippen molar-refractivity contribution >= 4 is 5.69 Å². The molecule has 4 rings (SSSR count). The van der Waals surface area contributed by atoms with Gasteiger partial charge in [-0.3, -0.25) is 14.7 Å². The highest BCUT2D eigenvalue weighted by molar-refractivity contribution is 5.59. The lowest BCUT2D eigenvalue weighted by Gasteiger charge is -2.63. The van der Waals surface area contributed by atoms with Crippen LogP contribution in [0.5, 0.6) is 0 Å². The maximum Gasteiger partial charge on any atom is 0.133 e. The van der Waals surface area contributed by atoms with E-state index < -0.39 is 0 Å². The molecule has 4 nitrogen and oxygen atoms in total. The number of hydrogen-bond donors (Lipinski definition) is 0. The van der Waals surface area contributed by atoms with Gasteiger partial charge in [0.15, 0.2) is 0 Å². The smallest absolute Gasteiger partial charge is 0.133 e. The quantitative estimate of drug-likeness (QED) is 0.234. The van der Waals surface area contributed by atoms with Gasteiger partial charge in [-0.05, 0) is 97.9 Å². The van der Waals surface area contributed by atoms with E-state index in [0.717, 1.165) is 13.1 Å². The second kappa shape index (κ2) is 15.1. The van der Waals surface area contributed by atoms with Gasteiger partial charge in [0.1, 0.15) is 5.79 Å². The molecule has 0 N–H and O–H groups in total. The SMILES string of the molecule is CCN(C1CCCCC1)C(CCN(C)c1c(C)cc(C)cc1C)(N(C)C1CCCCC1)N(C(C)C)C1CCCCC1. The zero-order valence-corrected chi connectivity index (χ0v) is 28.5. The molecule has 234 valence electrons. The van der Waals surface area contributed by atoms with Crippen molar-refractivity contribution in [1.29, 1.82) is 0 Å². The van der Waals surface area contributed by atoms with Gasteiger partial charge in [0.25, 0.3) is 0 Å². The van der Waals surface area contributed by atoms with Gasteiger partial charge in [0.2, 0.25) is 0 Å². The van der Waals surface area contributed by atoms with Crippen LogP contribution in [0.1, 0.15) is 140 Å². The number of rotatable bonds is 12. The van der Waals surface area contributed by atoms with E-state index in [-0.39, 0.29) is 5.79 Å². The van der Waals surface area contributed by atoms with Crippen LogP contribution in [-0.4, -0.2) is 71.8 Å². The molecule has 0 radical (unpaired) electrons. The number of hydrogen-bond acceptors (Lipinski definition) is 4. The van der Waals surface area contributed by atoms with E-state index in [9.17, 15) is 0 Å². The van der Waals surface area contributed by atoms with E-state index in [1.807, 2.05) is 0 Å². The molecule has 1 atom stereocenters. The molecule has 3 aliphatic carbocycles. The predicted octanol–water partition coefficient (Wildman–Crippen LogP) is 9.05. The molecule has 0 bridgehead atoms. The van der Waals surface area contributed by atoms with Gasteiger partial charge in [0.05, 0.1) is 0 Å². The minimum Gasteiger partial charge on any atom is -0.374 e. The fraction of sp³-hybridized carbons (Fsp3) is 0.838. The summed E-state index contributed by atoms with van der Waals surface area (Å²) in [5, 5.41) is 0. The van der Waals surface area contributed by atoms with Gasteiger partial charge >= 0.3 is 0 Å². The molecule has 0 spiro atoms. The van der Waals surface area contributed by atoms with E-state index in [1.54, 1.807) is 0 Å². The number of benzene rings is 1. The Kier molecular flexibility index (Phi) is 12.1. The molecular weight excluding hydrogens is 500 g/mol. The topological polar surface area (TPSA) is 13.0 Å². The third-order valence-electron chi connectivity index (χ3n) is 11.2. The number of anilines is 1. The lowest BCUT2D eigenvalue weighted by molar-refractivity contribution is -0.223. The van der Waals surface area contributed by atoms with Gasteiger partial charge < -0.3 is 4.90 Å². The summed E-state index contributed by atoms with van der Waals surface area (Å²) in [7, 11) is 4.93. The molecular formula is C37H66N4.